The topological polar surface area (TPSA) is 73.9 Å². The normalized spacial score (nSPS) is 12.9. The molecule has 0 bridgehead atoms. The molecule has 4 aromatic carbocycles. The number of rotatable bonds is 7. The van der Waals surface area contributed by atoms with Crippen molar-refractivity contribution in [2.24, 2.45) is 0 Å². The number of carbonyl (C=O) groups is 2. The van der Waals surface area contributed by atoms with E-state index in [-0.39, 0.29) is 16.9 Å². The fraction of sp³-hybridized carbons (Fsp3) is 0.156. The molecule has 7 nitrogen and oxygen atoms in total. The SMILES string of the molecule is O=C(NC(=S)Nc1cc(Cl)ccc1N1CCN(C(=O)c2ccccc2)CC1)c1cccc(OCc2ccccc2)c1. The van der Waals surface area contributed by atoms with E-state index >= 15 is 0 Å². The molecular formula is C32H29ClN4O3S. The zero-order valence-corrected chi connectivity index (χ0v) is 23.8. The first kappa shape index (κ1) is 28.1. The largest absolute Gasteiger partial charge is 0.489 e. The highest BCUT2D eigenvalue weighted by molar-refractivity contribution is 7.80. The van der Waals surface area contributed by atoms with E-state index in [1.54, 1.807) is 24.3 Å². The lowest BCUT2D eigenvalue weighted by Crippen LogP contribution is -2.49. The van der Waals surface area contributed by atoms with Crippen LogP contribution in [0.3, 0.4) is 0 Å². The summed E-state index contributed by atoms with van der Waals surface area (Å²) in [4.78, 5) is 29.9. The monoisotopic (exact) mass is 584 g/mol. The number of nitrogens with one attached hydrogen (secondary N) is 2. The van der Waals surface area contributed by atoms with Crippen molar-refractivity contribution in [2.75, 3.05) is 36.4 Å². The van der Waals surface area contributed by atoms with Gasteiger partial charge in [-0.1, -0.05) is 66.2 Å². The van der Waals surface area contributed by atoms with Crippen LogP contribution >= 0.6 is 23.8 Å². The molecule has 1 heterocycles. The summed E-state index contributed by atoms with van der Waals surface area (Å²) >= 11 is 11.8. The van der Waals surface area contributed by atoms with Gasteiger partial charge in [0.2, 0.25) is 0 Å². The number of hydrogen-bond donors (Lipinski definition) is 2. The molecule has 0 saturated carbocycles. The molecule has 0 spiro atoms. The molecule has 1 aliphatic heterocycles. The predicted molar refractivity (Wildman–Crippen MR) is 167 cm³/mol. The number of nitrogens with zero attached hydrogens (tertiary/aromatic N) is 2. The number of anilines is 2. The minimum absolute atomic E-state index is 0.0260. The number of benzene rings is 4. The first-order valence-corrected chi connectivity index (χ1v) is 14.0. The van der Waals surface area contributed by atoms with E-state index in [4.69, 9.17) is 28.6 Å². The average Bonchev–Trinajstić information content (AvgIpc) is 3.01. The molecule has 0 atom stereocenters. The van der Waals surface area contributed by atoms with Crippen molar-refractivity contribution in [3.63, 3.8) is 0 Å². The van der Waals surface area contributed by atoms with E-state index in [9.17, 15) is 9.59 Å². The molecule has 5 rings (SSSR count). The van der Waals surface area contributed by atoms with Crippen molar-refractivity contribution in [3.05, 3.63) is 125 Å². The summed E-state index contributed by atoms with van der Waals surface area (Å²) in [7, 11) is 0. The Bertz CT molecular complexity index is 1530. The lowest BCUT2D eigenvalue weighted by atomic mass is 10.1. The highest BCUT2D eigenvalue weighted by atomic mass is 35.5. The van der Waals surface area contributed by atoms with Gasteiger partial charge in [-0.3, -0.25) is 14.9 Å². The number of halogens is 1. The Morgan fingerprint density at radius 3 is 2.22 bits per heavy atom. The van der Waals surface area contributed by atoms with Crippen molar-refractivity contribution < 1.29 is 14.3 Å². The Balaban J connectivity index is 1.19. The molecule has 1 aliphatic rings. The lowest BCUT2D eigenvalue weighted by Gasteiger charge is -2.37. The van der Waals surface area contributed by atoms with E-state index in [1.807, 2.05) is 83.8 Å². The van der Waals surface area contributed by atoms with Gasteiger partial charge in [0.15, 0.2) is 5.11 Å². The van der Waals surface area contributed by atoms with Gasteiger partial charge < -0.3 is 19.9 Å². The Morgan fingerprint density at radius 1 is 0.805 bits per heavy atom. The summed E-state index contributed by atoms with van der Waals surface area (Å²) < 4.78 is 5.85. The van der Waals surface area contributed by atoms with E-state index < -0.39 is 0 Å². The average molecular weight is 585 g/mol. The second-order valence-corrected chi connectivity index (χ2v) is 10.4. The third kappa shape index (κ3) is 7.42. The quantitative estimate of drug-likeness (QED) is 0.259. The van der Waals surface area contributed by atoms with Crippen molar-refractivity contribution >= 4 is 52.1 Å². The van der Waals surface area contributed by atoms with Crippen LogP contribution in [0, 0.1) is 0 Å². The Morgan fingerprint density at radius 2 is 1.49 bits per heavy atom. The van der Waals surface area contributed by atoms with Gasteiger partial charge in [-0.25, -0.2) is 0 Å². The van der Waals surface area contributed by atoms with Gasteiger partial charge >= 0.3 is 0 Å². The maximum absolute atomic E-state index is 13.0. The van der Waals surface area contributed by atoms with Crippen LogP contribution in [-0.2, 0) is 6.61 Å². The Labute approximate surface area is 249 Å². The summed E-state index contributed by atoms with van der Waals surface area (Å²) in [5, 5.41) is 6.56. The molecule has 41 heavy (non-hydrogen) atoms. The fourth-order valence-electron chi connectivity index (χ4n) is 4.59. The maximum atomic E-state index is 13.0. The number of hydrogen-bond acceptors (Lipinski definition) is 5. The molecule has 0 radical (unpaired) electrons. The summed E-state index contributed by atoms with van der Waals surface area (Å²) in [5.41, 5.74) is 3.70. The van der Waals surface area contributed by atoms with E-state index in [0.717, 1.165) is 11.3 Å². The molecule has 208 valence electrons. The van der Waals surface area contributed by atoms with Crippen LogP contribution in [0.15, 0.2) is 103 Å². The molecule has 4 aromatic rings. The molecular weight excluding hydrogens is 556 g/mol. The van der Waals surface area contributed by atoms with E-state index in [0.29, 0.717) is 60.4 Å². The molecule has 2 amide bonds. The highest BCUT2D eigenvalue weighted by Crippen LogP contribution is 2.30. The van der Waals surface area contributed by atoms with Crippen molar-refractivity contribution in [1.29, 1.82) is 0 Å². The number of amides is 2. The van der Waals surface area contributed by atoms with Crippen molar-refractivity contribution in [3.8, 4) is 5.75 Å². The van der Waals surface area contributed by atoms with Crippen LogP contribution in [0.4, 0.5) is 11.4 Å². The van der Waals surface area contributed by atoms with Crippen LogP contribution in [0.1, 0.15) is 26.3 Å². The Hall–Kier alpha value is -4.40. The second-order valence-electron chi connectivity index (χ2n) is 9.52. The van der Waals surface area contributed by atoms with Gasteiger partial charge in [0.1, 0.15) is 12.4 Å². The zero-order chi connectivity index (χ0) is 28.6. The van der Waals surface area contributed by atoms with Gasteiger partial charge in [0.05, 0.1) is 11.4 Å². The molecule has 1 saturated heterocycles. The third-order valence-electron chi connectivity index (χ3n) is 6.71. The molecule has 0 aliphatic carbocycles. The summed E-state index contributed by atoms with van der Waals surface area (Å²) in [6.45, 7) is 2.85. The number of thiocarbonyl (C=S) groups is 1. The molecule has 1 fully saturated rings. The minimum atomic E-state index is -0.357. The first-order chi connectivity index (χ1) is 20.0. The standard InChI is InChI=1S/C32H29ClN4O3S/c33-26-14-15-29(36-16-18-37(19-17-36)31(39)24-10-5-2-6-11-24)28(21-26)34-32(41)35-30(38)25-12-7-13-27(20-25)40-22-23-8-3-1-4-9-23/h1-15,20-21H,16-19,22H2,(H2,34,35,38,41). The van der Waals surface area contributed by atoms with Gasteiger partial charge in [-0.2, -0.15) is 0 Å². The molecule has 2 N–H and O–H groups in total. The van der Waals surface area contributed by atoms with Crippen LogP contribution in [-0.4, -0.2) is 48.0 Å². The van der Waals surface area contributed by atoms with Gasteiger partial charge in [0.25, 0.3) is 11.8 Å². The van der Waals surface area contributed by atoms with Crippen molar-refractivity contribution in [1.82, 2.24) is 10.2 Å². The number of ether oxygens (including phenoxy) is 1. The third-order valence-corrected chi connectivity index (χ3v) is 7.15. The lowest BCUT2D eigenvalue weighted by molar-refractivity contribution is 0.0746. The van der Waals surface area contributed by atoms with Crippen LogP contribution in [0.2, 0.25) is 5.02 Å². The second kappa shape index (κ2) is 13.3. The van der Waals surface area contributed by atoms with Gasteiger partial charge in [0, 0.05) is 42.3 Å². The summed E-state index contributed by atoms with van der Waals surface area (Å²) in [6.07, 6.45) is 0. The molecule has 0 unspecified atom stereocenters. The van der Waals surface area contributed by atoms with Crippen LogP contribution < -0.4 is 20.3 Å². The minimum Gasteiger partial charge on any atom is -0.489 e. The van der Waals surface area contributed by atoms with Crippen LogP contribution in [0.5, 0.6) is 5.75 Å². The van der Waals surface area contributed by atoms with E-state index in [1.165, 1.54) is 0 Å². The zero-order valence-electron chi connectivity index (χ0n) is 22.3. The smallest absolute Gasteiger partial charge is 0.257 e. The van der Waals surface area contributed by atoms with Gasteiger partial charge in [-0.05, 0) is 66.3 Å². The summed E-state index contributed by atoms with van der Waals surface area (Å²) in [5.74, 6) is 0.254. The number of carbonyl (C=O) groups excluding carboxylic acids is 2. The fourth-order valence-corrected chi connectivity index (χ4v) is 4.97. The summed E-state index contributed by atoms with van der Waals surface area (Å²) in [6, 6.07) is 31.6. The molecule has 9 heteroatoms. The van der Waals surface area contributed by atoms with Crippen molar-refractivity contribution in [2.45, 2.75) is 6.61 Å². The van der Waals surface area contributed by atoms with Crippen LogP contribution in [0.25, 0.3) is 0 Å². The van der Waals surface area contributed by atoms with Gasteiger partial charge in [-0.15, -0.1) is 0 Å². The predicted octanol–water partition coefficient (Wildman–Crippen LogP) is 6.01. The maximum Gasteiger partial charge on any atom is 0.257 e. The highest BCUT2D eigenvalue weighted by Gasteiger charge is 2.24. The first-order valence-electron chi connectivity index (χ1n) is 13.2. The van der Waals surface area contributed by atoms with E-state index in [2.05, 4.69) is 15.5 Å². The Kier molecular flexibility index (Phi) is 9.13. The number of piperazine rings is 1. The molecule has 0 aromatic heterocycles.